The molecule has 0 saturated carbocycles. The molecule has 0 saturated heterocycles. The van der Waals surface area contributed by atoms with E-state index < -0.39 is 11.9 Å². The van der Waals surface area contributed by atoms with Crippen LogP contribution in [0.3, 0.4) is 0 Å². The second kappa shape index (κ2) is 10.3. The molecule has 0 aromatic carbocycles. The van der Waals surface area contributed by atoms with Crippen LogP contribution in [-0.4, -0.2) is 46.2 Å². The molecular weight excluding hydrogens is 164 g/mol. The van der Waals surface area contributed by atoms with Crippen molar-refractivity contribution in [2.75, 3.05) is 19.8 Å². The van der Waals surface area contributed by atoms with Crippen molar-refractivity contribution in [2.45, 2.75) is 13.3 Å². The Labute approximate surface area is 71.3 Å². The molecule has 0 fully saturated rings. The monoisotopic (exact) mass is 180 g/mol. The third kappa shape index (κ3) is 12.1. The van der Waals surface area contributed by atoms with Gasteiger partial charge in [-0.1, -0.05) is 0 Å². The highest BCUT2D eigenvalue weighted by molar-refractivity contribution is 5.67. The summed E-state index contributed by atoms with van der Waals surface area (Å²) < 4.78 is 0. The maximum Gasteiger partial charge on any atom is 0.303 e. The average Bonchev–Trinajstić information content (AvgIpc) is 2.01. The van der Waals surface area contributed by atoms with Gasteiger partial charge in [-0.15, -0.1) is 0 Å². The van der Waals surface area contributed by atoms with Crippen LogP contribution in [0.5, 0.6) is 0 Å². The first-order valence-corrected chi connectivity index (χ1v) is 3.66. The fraction of sp³-hybridized carbons (Fsp3) is 0.857. The molecule has 0 aliphatic rings. The van der Waals surface area contributed by atoms with Gasteiger partial charge in [0.2, 0.25) is 0 Å². The molecule has 0 aromatic heterocycles. The van der Waals surface area contributed by atoms with E-state index in [9.17, 15) is 4.79 Å². The third-order valence-corrected chi connectivity index (χ3v) is 0.980. The molecule has 0 aliphatic carbocycles. The Morgan fingerprint density at radius 3 is 1.67 bits per heavy atom. The van der Waals surface area contributed by atoms with E-state index in [1.165, 1.54) is 0 Å². The van der Waals surface area contributed by atoms with Gasteiger partial charge in [0, 0.05) is 25.7 Å². The summed E-state index contributed by atoms with van der Waals surface area (Å²) in [7, 11) is 0. The highest BCUT2D eigenvalue weighted by Crippen LogP contribution is 1.98. The van der Waals surface area contributed by atoms with Crippen LogP contribution < -0.4 is 0 Å². The van der Waals surface area contributed by atoms with Crippen molar-refractivity contribution in [1.29, 1.82) is 0 Å². The van der Waals surface area contributed by atoms with Crippen LogP contribution in [0.25, 0.3) is 0 Å². The van der Waals surface area contributed by atoms with Gasteiger partial charge in [0.05, 0.1) is 6.42 Å². The third-order valence-electron chi connectivity index (χ3n) is 0.980. The second-order valence-electron chi connectivity index (χ2n) is 2.15. The molecule has 5 nitrogen and oxygen atoms in total. The lowest BCUT2D eigenvalue weighted by Crippen LogP contribution is -2.15. The molecule has 0 amide bonds. The highest BCUT2D eigenvalue weighted by atomic mass is 16.4. The summed E-state index contributed by atoms with van der Waals surface area (Å²) in [6.07, 6.45) is -0.174. The fourth-order valence-electron chi connectivity index (χ4n) is 0.434. The molecule has 0 aromatic rings. The minimum absolute atomic E-state index is 0.174. The molecule has 0 radical (unpaired) electrons. The van der Waals surface area contributed by atoms with E-state index in [1.807, 2.05) is 0 Å². The zero-order chi connectivity index (χ0) is 9.98. The largest absolute Gasteiger partial charge is 0.481 e. The lowest BCUT2D eigenvalue weighted by molar-refractivity contribution is -0.138. The van der Waals surface area contributed by atoms with Crippen LogP contribution in [0.15, 0.2) is 0 Å². The zero-order valence-electron chi connectivity index (χ0n) is 7.10. The average molecular weight is 180 g/mol. The topological polar surface area (TPSA) is 98.0 Å². The number of aliphatic carboxylic acids is 1. The van der Waals surface area contributed by atoms with E-state index in [2.05, 4.69) is 0 Å². The fourth-order valence-corrected chi connectivity index (χ4v) is 0.434. The van der Waals surface area contributed by atoms with Crippen molar-refractivity contribution in [1.82, 2.24) is 0 Å². The first-order chi connectivity index (χ1) is 5.62. The van der Waals surface area contributed by atoms with Crippen molar-refractivity contribution in [3.05, 3.63) is 0 Å². The maximum absolute atomic E-state index is 9.91. The molecular formula is C7H16O5. The normalized spacial score (nSPS) is 9.08. The molecule has 4 N–H and O–H groups in total. The lowest BCUT2D eigenvalue weighted by Gasteiger charge is -2.04. The summed E-state index contributed by atoms with van der Waals surface area (Å²) in [6, 6.07) is 0. The number of hydrogen-bond acceptors (Lipinski definition) is 4. The Morgan fingerprint density at radius 2 is 1.58 bits per heavy atom. The molecule has 74 valence electrons. The number of carbonyl (C=O) groups is 1. The Kier molecular flexibility index (Phi) is 12.0. The summed E-state index contributed by atoms with van der Waals surface area (Å²) in [5.41, 5.74) is 0. The van der Waals surface area contributed by atoms with Gasteiger partial charge < -0.3 is 20.4 Å². The van der Waals surface area contributed by atoms with Gasteiger partial charge in [0.1, 0.15) is 0 Å². The molecule has 5 heteroatoms. The quantitative estimate of drug-likeness (QED) is 0.447. The molecule has 0 spiro atoms. The van der Waals surface area contributed by atoms with Crippen molar-refractivity contribution < 1.29 is 25.2 Å². The number of aliphatic hydroxyl groups excluding tert-OH is 3. The standard InChI is InChI=1S/C5H10O4.C2H6O/c6-2-4(3-7)1-5(8)9;1-2-3/h4,6-7H,1-3H2,(H,8,9);3H,2H2,1H3. The van der Waals surface area contributed by atoms with Crippen LogP contribution in [0.4, 0.5) is 0 Å². The van der Waals surface area contributed by atoms with Gasteiger partial charge in [-0.2, -0.15) is 0 Å². The van der Waals surface area contributed by atoms with Crippen molar-refractivity contribution >= 4 is 5.97 Å². The van der Waals surface area contributed by atoms with Gasteiger partial charge in [0.15, 0.2) is 0 Å². The Balaban J connectivity index is 0. The zero-order valence-corrected chi connectivity index (χ0v) is 7.10. The SMILES string of the molecule is CCO.O=C(O)CC(CO)CO. The predicted octanol–water partition coefficient (Wildman–Crippen LogP) is -0.940. The molecule has 0 rings (SSSR count). The van der Waals surface area contributed by atoms with E-state index >= 15 is 0 Å². The first kappa shape index (κ1) is 13.9. The Bertz CT molecular complexity index is 100.0. The van der Waals surface area contributed by atoms with Crippen molar-refractivity contribution in [3.8, 4) is 0 Å². The van der Waals surface area contributed by atoms with Gasteiger partial charge in [-0.25, -0.2) is 0 Å². The van der Waals surface area contributed by atoms with E-state index in [1.54, 1.807) is 6.92 Å². The number of aliphatic hydroxyl groups is 3. The smallest absolute Gasteiger partial charge is 0.303 e. The number of carboxylic acids is 1. The van der Waals surface area contributed by atoms with Crippen LogP contribution in [-0.2, 0) is 4.79 Å². The van der Waals surface area contributed by atoms with Crippen LogP contribution in [0.2, 0.25) is 0 Å². The summed E-state index contributed by atoms with van der Waals surface area (Å²) in [6.45, 7) is 1.38. The van der Waals surface area contributed by atoms with Crippen LogP contribution in [0, 0.1) is 5.92 Å². The number of hydrogen-bond donors (Lipinski definition) is 4. The van der Waals surface area contributed by atoms with Gasteiger partial charge in [-0.3, -0.25) is 4.79 Å². The van der Waals surface area contributed by atoms with Crippen molar-refractivity contribution in [3.63, 3.8) is 0 Å². The number of rotatable bonds is 4. The maximum atomic E-state index is 9.91. The highest BCUT2D eigenvalue weighted by Gasteiger charge is 2.09. The lowest BCUT2D eigenvalue weighted by atomic mass is 10.1. The minimum atomic E-state index is -0.997. The molecule has 0 bridgehead atoms. The Morgan fingerprint density at radius 1 is 1.25 bits per heavy atom. The predicted molar refractivity (Wildman–Crippen MR) is 42.7 cm³/mol. The molecule has 12 heavy (non-hydrogen) atoms. The summed E-state index contributed by atoms with van der Waals surface area (Å²) >= 11 is 0. The van der Waals surface area contributed by atoms with Gasteiger partial charge in [0.25, 0.3) is 0 Å². The Hall–Kier alpha value is -0.650. The second-order valence-corrected chi connectivity index (χ2v) is 2.15. The summed E-state index contributed by atoms with van der Waals surface area (Å²) in [4.78, 5) is 9.91. The van der Waals surface area contributed by atoms with E-state index in [4.69, 9.17) is 20.4 Å². The van der Waals surface area contributed by atoms with Crippen LogP contribution in [0.1, 0.15) is 13.3 Å². The first-order valence-electron chi connectivity index (χ1n) is 3.66. The van der Waals surface area contributed by atoms with Crippen molar-refractivity contribution in [2.24, 2.45) is 5.92 Å². The van der Waals surface area contributed by atoms with Gasteiger partial charge >= 0.3 is 5.97 Å². The molecule has 0 aliphatic heterocycles. The number of carboxylic acid groups (broad SMARTS) is 1. The van der Waals surface area contributed by atoms with E-state index in [0.717, 1.165) is 0 Å². The van der Waals surface area contributed by atoms with Crippen LogP contribution >= 0.6 is 0 Å². The van der Waals surface area contributed by atoms with Gasteiger partial charge in [-0.05, 0) is 6.92 Å². The van der Waals surface area contributed by atoms with E-state index in [-0.39, 0.29) is 26.2 Å². The molecule has 0 unspecified atom stereocenters. The molecule has 0 heterocycles. The summed E-state index contributed by atoms with van der Waals surface area (Å²) in [5.74, 6) is -1.51. The van der Waals surface area contributed by atoms with E-state index in [0.29, 0.717) is 0 Å². The summed E-state index contributed by atoms with van der Waals surface area (Å²) in [5, 5.41) is 32.4. The molecule has 0 atom stereocenters. The minimum Gasteiger partial charge on any atom is -0.481 e.